The van der Waals surface area contributed by atoms with E-state index < -0.39 is 0 Å². The van der Waals surface area contributed by atoms with Crippen LogP contribution in [0.3, 0.4) is 0 Å². The molecule has 5 heteroatoms. The first-order valence-electron chi connectivity index (χ1n) is 5.48. The van der Waals surface area contributed by atoms with E-state index in [9.17, 15) is 4.79 Å². The third-order valence-corrected chi connectivity index (χ3v) is 4.11. The summed E-state index contributed by atoms with van der Waals surface area (Å²) in [6.45, 7) is 3.95. The van der Waals surface area contributed by atoms with Crippen LogP contribution in [0.25, 0.3) is 0 Å². The van der Waals surface area contributed by atoms with Gasteiger partial charge in [-0.3, -0.25) is 4.79 Å². The zero-order chi connectivity index (χ0) is 13.3. The normalized spacial score (nSPS) is 10.6. The Morgan fingerprint density at radius 3 is 2.72 bits per heavy atom. The van der Waals surface area contributed by atoms with Crippen LogP contribution in [-0.4, -0.2) is 10.8 Å². The van der Waals surface area contributed by atoms with Gasteiger partial charge in [-0.15, -0.1) is 11.3 Å². The van der Waals surface area contributed by atoms with Crippen molar-refractivity contribution in [2.45, 2.75) is 20.3 Å². The van der Waals surface area contributed by atoms with Gasteiger partial charge in [-0.05, 0) is 32.0 Å². The number of hydrogen-bond donors (Lipinski definition) is 1. The zero-order valence-electron chi connectivity index (χ0n) is 10.2. The summed E-state index contributed by atoms with van der Waals surface area (Å²) >= 11 is 7.46. The second-order valence-corrected chi connectivity index (χ2v) is 5.78. The van der Waals surface area contributed by atoms with Crippen LogP contribution in [0.15, 0.2) is 18.2 Å². The summed E-state index contributed by atoms with van der Waals surface area (Å²) < 4.78 is 0. The molecule has 0 radical (unpaired) electrons. The minimum atomic E-state index is 0.00523. The average Bonchev–Trinajstić information content (AvgIpc) is 2.61. The van der Waals surface area contributed by atoms with Gasteiger partial charge < -0.3 is 5.73 Å². The summed E-state index contributed by atoms with van der Waals surface area (Å²) in [4.78, 5) is 17.6. The van der Waals surface area contributed by atoms with Crippen LogP contribution in [0.2, 0.25) is 5.02 Å². The zero-order valence-corrected chi connectivity index (χ0v) is 11.7. The quantitative estimate of drug-likeness (QED) is 0.692. The van der Waals surface area contributed by atoms with Gasteiger partial charge in [0, 0.05) is 10.4 Å². The van der Waals surface area contributed by atoms with Crippen molar-refractivity contribution >= 4 is 34.4 Å². The van der Waals surface area contributed by atoms with E-state index in [2.05, 4.69) is 4.98 Å². The number of nitrogen functional groups attached to an aromatic ring is 1. The first-order chi connectivity index (χ1) is 8.47. The largest absolute Gasteiger partial charge is 0.398 e. The molecule has 1 heterocycles. The number of nitrogens with zero attached hydrogens (tertiary/aromatic N) is 1. The molecule has 2 rings (SSSR count). The van der Waals surface area contributed by atoms with Crippen molar-refractivity contribution in [2.24, 2.45) is 0 Å². The van der Waals surface area contributed by atoms with Crippen molar-refractivity contribution < 1.29 is 4.79 Å². The molecule has 0 bridgehead atoms. The van der Waals surface area contributed by atoms with E-state index in [0.717, 1.165) is 15.6 Å². The Balaban J connectivity index is 2.19. The van der Waals surface area contributed by atoms with Crippen molar-refractivity contribution in [1.29, 1.82) is 0 Å². The van der Waals surface area contributed by atoms with Crippen molar-refractivity contribution in [3.8, 4) is 0 Å². The van der Waals surface area contributed by atoms with Crippen LogP contribution >= 0.6 is 22.9 Å². The molecule has 0 aliphatic heterocycles. The maximum Gasteiger partial charge on any atom is 0.169 e. The first kappa shape index (κ1) is 13.1. The van der Waals surface area contributed by atoms with Gasteiger partial charge >= 0.3 is 0 Å². The molecule has 0 saturated heterocycles. The van der Waals surface area contributed by atoms with E-state index in [1.807, 2.05) is 13.8 Å². The maximum absolute atomic E-state index is 12.1. The summed E-state index contributed by atoms with van der Waals surface area (Å²) in [6.07, 6.45) is 0.305. The monoisotopic (exact) mass is 280 g/mol. The summed E-state index contributed by atoms with van der Waals surface area (Å²) in [5, 5.41) is 1.25. The van der Waals surface area contributed by atoms with E-state index in [1.165, 1.54) is 0 Å². The molecule has 0 fully saturated rings. The highest BCUT2D eigenvalue weighted by atomic mass is 35.5. The van der Waals surface area contributed by atoms with Gasteiger partial charge in [-0.2, -0.15) is 0 Å². The lowest BCUT2D eigenvalue weighted by Crippen LogP contribution is -2.03. The number of ketones is 1. The minimum Gasteiger partial charge on any atom is -0.398 e. The highest BCUT2D eigenvalue weighted by Crippen LogP contribution is 2.22. The fourth-order valence-electron chi connectivity index (χ4n) is 1.55. The number of benzene rings is 1. The van der Waals surface area contributed by atoms with Gasteiger partial charge in [0.25, 0.3) is 0 Å². The van der Waals surface area contributed by atoms with Crippen molar-refractivity contribution in [3.63, 3.8) is 0 Å². The Hall–Kier alpha value is -1.39. The third kappa shape index (κ3) is 2.71. The van der Waals surface area contributed by atoms with E-state index in [-0.39, 0.29) is 5.78 Å². The molecule has 0 aliphatic carbocycles. The molecule has 18 heavy (non-hydrogen) atoms. The van der Waals surface area contributed by atoms with Gasteiger partial charge in [0.2, 0.25) is 0 Å². The van der Waals surface area contributed by atoms with E-state index in [4.69, 9.17) is 17.3 Å². The molecule has 94 valence electrons. The maximum atomic E-state index is 12.1. The van der Waals surface area contributed by atoms with E-state index in [1.54, 1.807) is 29.5 Å². The Morgan fingerprint density at radius 1 is 1.44 bits per heavy atom. The van der Waals surface area contributed by atoms with Crippen LogP contribution in [0, 0.1) is 13.8 Å². The lowest BCUT2D eigenvalue weighted by atomic mass is 10.1. The summed E-state index contributed by atoms with van der Waals surface area (Å²) in [7, 11) is 0. The molecule has 0 saturated carbocycles. The molecule has 2 aromatic rings. The molecule has 0 unspecified atom stereocenters. The summed E-state index contributed by atoms with van der Waals surface area (Å²) in [5.41, 5.74) is 7.65. The Morgan fingerprint density at radius 2 is 2.17 bits per heavy atom. The summed E-state index contributed by atoms with van der Waals surface area (Å²) in [6, 6.07) is 4.94. The third-order valence-electron chi connectivity index (χ3n) is 2.71. The van der Waals surface area contributed by atoms with Gasteiger partial charge in [-0.1, -0.05) is 11.6 Å². The highest BCUT2D eigenvalue weighted by Gasteiger charge is 2.12. The molecular formula is C13H13ClN2OS. The molecule has 0 spiro atoms. The standard InChI is InChI=1S/C13H13ClN2OS/c1-7-8(2)18-13(16-7)6-12(17)9-3-4-11(15)10(14)5-9/h3-5H,6,15H2,1-2H3. The second-order valence-electron chi connectivity index (χ2n) is 4.09. The summed E-state index contributed by atoms with van der Waals surface area (Å²) in [5.74, 6) is 0.00523. The molecule has 0 aliphatic rings. The van der Waals surface area contributed by atoms with Crippen LogP contribution < -0.4 is 5.73 Å². The lowest BCUT2D eigenvalue weighted by molar-refractivity contribution is 0.0993. The molecule has 1 aromatic carbocycles. The second kappa shape index (κ2) is 5.08. The predicted molar refractivity (Wildman–Crippen MR) is 75.5 cm³/mol. The van der Waals surface area contributed by atoms with E-state index >= 15 is 0 Å². The fourth-order valence-corrected chi connectivity index (χ4v) is 2.67. The van der Waals surface area contributed by atoms with E-state index in [0.29, 0.717) is 22.7 Å². The van der Waals surface area contributed by atoms with Crippen LogP contribution in [0.4, 0.5) is 5.69 Å². The molecule has 2 N–H and O–H groups in total. The van der Waals surface area contributed by atoms with Crippen molar-refractivity contribution in [1.82, 2.24) is 4.98 Å². The van der Waals surface area contributed by atoms with Crippen molar-refractivity contribution in [3.05, 3.63) is 44.4 Å². The lowest BCUT2D eigenvalue weighted by Gasteiger charge is -2.02. The number of halogens is 1. The van der Waals surface area contributed by atoms with Gasteiger partial charge in [0.15, 0.2) is 5.78 Å². The Bertz CT molecular complexity index is 588. The van der Waals surface area contributed by atoms with Crippen molar-refractivity contribution in [2.75, 3.05) is 5.73 Å². The number of rotatable bonds is 3. The molecule has 0 amide bonds. The molecule has 0 atom stereocenters. The number of aromatic nitrogens is 1. The number of hydrogen-bond acceptors (Lipinski definition) is 4. The number of Topliss-reactive ketones (excluding diaryl/α,β-unsaturated/α-hetero) is 1. The number of aryl methyl sites for hydroxylation is 2. The number of carbonyl (C=O) groups excluding carboxylic acids is 1. The topological polar surface area (TPSA) is 56.0 Å². The smallest absolute Gasteiger partial charge is 0.169 e. The fraction of sp³-hybridized carbons (Fsp3) is 0.231. The molecular weight excluding hydrogens is 268 g/mol. The number of nitrogens with two attached hydrogens (primary N) is 1. The number of anilines is 1. The Labute approximate surface area is 115 Å². The Kier molecular flexibility index (Phi) is 3.68. The van der Waals surface area contributed by atoms with Gasteiger partial charge in [0.05, 0.1) is 22.8 Å². The average molecular weight is 281 g/mol. The minimum absolute atomic E-state index is 0.00523. The van der Waals surface area contributed by atoms with Crippen LogP contribution in [0.5, 0.6) is 0 Å². The number of thiazole rings is 1. The molecule has 1 aromatic heterocycles. The molecule has 3 nitrogen and oxygen atoms in total. The number of carbonyl (C=O) groups is 1. The van der Waals surface area contributed by atoms with Gasteiger partial charge in [0.1, 0.15) is 5.01 Å². The highest BCUT2D eigenvalue weighted by molar-refractivity contribution is 7.11. The van der Waals surface area contributed by atoms with Gasteiger partial charge in [-0.25, -0.2) is 4.98 Å². The predicted octanol–water partition coefficient (Wildman–Crippen LogP) is 3.42. The SMILES string of the molecule is Cc1nc(CC(=O)c2ccc(N)c(Cl)c2)sc1C. The van der Waals surface area contributed by atoms with Crippen LogP contribution in [-0.2, 0) is 6.42 Å². The van der Waals surface area contributed by atoms with Crippen LogP contribution in [0.1, 0.15) is 25.9 Å². The first-order valence-corrected chi connectivity index (χ1v) is 6.68.